The van der Waals surface area contributed by atoms with E-state index >= 15 is 0 Å². The predicted octanol–water partition coefficient (Wildman–Crippen LogP) is 7.52. The Hall–Kier alpha value is -3.74. The van der Waals surface area contributed by atoms with Crippen LogP contribution in [0.5, 0.6) is 0 Å². The third kappa shape index (κ3) is 6.90. The largest absolute Gasteiger partial charge is 0.369 e. The van der Waals surface area contributed by atoms with E-state index in [9.17, 15) is 18.4 Å². The van der Waals surface area contributed by atoms with E-state index < -0.39 is 17.7 Å². The van der Waals surface area contributed by atoms with Crippen molar-refractivity contribution in [2.75, 3.05) is 28.6 Å². The Morgan fingerprint density at radius 1 is 0.889 bits per heavy atom. The van der Waals surface area contributed by atoms with E-state index in [1.807, 2.05) is 37.3 Å². The van der Waals surface area contributed by atoms with Gasteiger partial charge in [-0.1, -0.05) is 57.5 Å². The zero-order valence-corrected chi connectivity index (χ0v) is 21.4. The number of halogens is 2. The number of hydrogen-bond donors (Lipinski definition) is 2. The number of hydrogen-bond acceptors (Lipinski definition) is 3. The molecule has 0 bridgehead atoms. The lowest BCUT2D eigenvalue weighted by atomic mass is 9.97. The highest BCUT2D eigenvalue weighted by molar-refractivity contribution is 6.03. The van der Waals surface area contributed by atoms with Crippen LogP contribution in [0.3, 0.4) is 0 Å². The van der Waals surface area contributed by atoms with Gasteiger partial charge in [-0.2, -0.15) is 0 Å². The summed E-state index contributed by atoms with van der Waals surface area (Å²) in [5.74, 6) is -0.847. The van der Waals surface area contributed by atoms with Crippen molar-refractivity contribution in [1.82, 2.24) is 0 Å². The summed E-state index contributed by atoms with van der Waals surface area (Å²) in [6.45, 7) is 12.0. The van der Waals surface area contributed by atoms with Crippen molar-refractivity contribution in [2.24, 2.45) is 11.8 Å². The van der Waals surface area contributed by atoms with Crippen molar-refractivity contribution >= 4 is 29.4 Å². The van der Waals surface area contributed by atoms with E-state index in [1.54, 1.807) is 6.07 Å². The van der Waals surface area contributed by atoms with Crippen molar-refractivity contribution < 1.29 is 18.4 Å². The molecule has 190 valence electrons. The predicted molar refractivity (Wildman–Crippen MR) is 143 cm³/mol. The summed E-state index contributed by atoms with van der Waals surface area (Å²) in [7, 11) is 0. The molecule has 0 aliphatic rings. The van der Waals surface area contributed by atoms with Gasteiger partial charge in [-0.3, -0.25) is 4.79 Å². The summed E-state index contributed by atoms with van der Waals surface area (Å²) >= 11 is 0. The molecule has 0 unspecified atom stereocenters. The van der Waals surface area contributed by atoms with Crippen molar-refractivity contribution in [1.29, 1.82) is 0 Å². The van der Waals surface area contributed by atoms with Gasteiger partial charge in [-0.05, 0) is 54.2 Å². The number of aldehydes is 1. The van der Waals surface area contributed by atoms with Crippen LogP contribution in [0.2, 0.25) is 0 Å². The first-order valence-electron chi connectivity index (χ1n) is 12.1. The molecule has 0 aliphatic heterocycles. The smallest absolute Gasteiger partial charge is 0.323 e. The number of benzene rings is 3. The van der Waals surface area contributed by atoms with Crippen LogP contribution in [-0.4, -0.2) is 25.4 Å². The summed E-state index contributed by atoms with van der Waals surface area (Å²) in [4.78, 5) is 26.8. The minimum Gasteiger partial charge on any atom is -0.369 e. The van der Waals surface area contributed by atoms with Crippen LogP contribution >= 0.6 is 0 Å². The topological polar surface area (TPSA) is 61.4 Å². The zero-order valence-electron chi connectivity index (χ0n) is 21.4. The lowest BCUT2D eigenvalue weighted by Crippen LogP contribution is -2.32. The van der Waals surface area contributed by atoms with E-state index in [-0.39, 0.29) is 5.69 Å². The molecule has 0 radical (unpaired) electrons. The maximum Gasteiger partial charge on any atom is 0.323 e. The fourth-order valence-corrected chi connectivity index (χ4v) is 4.12. The monoisotopic (exact) mass is 493 g/mol. The third-order valence-corrected chi connectivity index (χ3v) is 5.58. The van der Waals surface area contributed by atoms with Gasteiger partial charge < -0.3 is 15.5 Å². The Bertz CT molecular complexity index is 1230. The Balaban J connectivity index is 2.05. The minimum absolute atomic E-state index is 0.130. The number of carbonyl (C=O) groups is 2. The molecule has 0 saturated carbocycles. The van der Waals surface area contributed by atoms with Gasteiger partial charge in [0.15, 0.2) is 6.29 Å². The van der Waals surface area contributed by atoms with Gasteiger partial charge >= 0.3 is 6.03 Å². The first kappa shape index (κ1) is 26.9. The number of anilines is 3. The van der Waals surface area contributed by atoms with E-state index in [0.29, 0.717) is 29.2 Å². The van der Waals surface area contributed by atoms with Gasteiger partial charge in [0.2, 0.25) is 0 Å². The normalized spacial score (nSPS) is 11.0. The molecule has 0 fully saturated rings. The molecule has 0 saturated heterocycles. The Morgan fingerprint density at radius 2 is 1.56 bits per heavy atom. The maximum atomic E-state index is 14.1. The lowest BCUT2D eigenvalue weighted by molar-refractivity contribution is 0.112. The molecule has 0 aromatic heterocycles. The van der Waals surface area contributed by atoms with Crippen molar-refractivity contribution in [2.45, 2.75) is 34.6 Å². The Kier molecular flexibility index (Phi) is 8.80. The number of rotatable bonds is 9. The summed E-state index contributed by atoms with van der Waals surface area (Å²) in [6.07, 6.45) is 0.809. The number of carbonyl (C=O) groups excluding carboxylic acids is 2. The van der Waals surface area contributed by atoms with Crippen LogP contribution in [-0.2, 0) is 0 Å². The molecule has 2 amide bonds. The summed E-state index contributed by atoms with van der Waals surface area (Å²) in [5, 5.41) is 5.31. The molecular weight excluding hydrogens is 460 g/mol. The van der Waals surface area contributed by atoms with Gasteiger partial charge in [0.05, 0.1) is 17.1 Å². The second-order valence-electron chi connectivity index (χ2n) is 9.84. The maximum absolute atomic E-state index is 14.1. The van der Waals surface area contributed by atoms with Crippen LogP contribution < -0.4 is 15.5 Å². The molecule has 5 nitrogen and oxygen atoms in total. The van der Waals surface area contributed by atoms with Crippen LogP contribution in [0.4, 0.5) is 30.6 Å². The molecule has 7 heteroatoms. The van der Waals surface area contributed by atoms with Gasteiger partial charge in [-0.25, -0.2) is 13.6 Å². The summed E-state index contributed by atoms with van der Waals surface area (Å²) < 4.78 is 27.4. The lowest BCUT2D eigenvalue weighted by Gasteiger charge is -2.31. The Morgan fingerprint density at radius 3 is 2.17 bits per heavy atom. The van der Waals surface area contributed by atoms with Crippen molar-refractivity contribution in [3.63, 3.8) is 0 Å². The highest BCUT2D eigenvalue weighted by Gasteiger charge is 2.18. The second kappa shape index (κ2) is 11.8. The quantitative estimate of drug-likeness (QED) is 0.303. The molecule has 0 aliphatic carbocycles. The fraction of sp³-hybridized carbons (Fsp3) is 0.310. The highest BCUT2D eigenvalue weighted by Crippen LogP contribution is 2.34. The molecule has 0 heterocycles. The van der Waals surface area contributed by atoms with Crippen molar-refractivity contribution in [3.8, 4) is 11.1 Å². The molecule has 2 N–H and O–H groups in total. The number of nitrogens with one attached hydrogen (secondary N) is 2. The SMILES string of the molecule is Cc1ccc(C=O)c(-c2ccc(N(CC(C)C)CC(C)C)c(NC(=O)Nc3ccc(F)cc3F)c2)c1. The zero-order chi connectivity index (χ0) is 26.4. The molecule has 3 aromatic carbocycles. The fourth-order valence-electron chi connectivity index (χ4n) is 4.12. The molecule has 3 rings (SSSR count). The Labute approximate surface area is 211 Å². The highest BCUT2D eigenvalue weighted by atomic mass is 19.1. The molecule has 0 atom stereocenters. The minimum atomic E-state index is -0.865. The number of amides is 2. The van der Waals surface area contributed by atoms with Crippen LogP contribution in [0.25, 0.3) is 11.1 Å². The van der Waals surface area contributed by atoms with Gasteiger partial charge in [0.1, 0.15) is 11.6 Å². The van der Waals surface area contributed by atoms with E-state index in [0.717, 1.165) is 47.8 Å². The molecular formula is C29H33F2N3O2. The van der Waals surface area contributed by atoms with Crippen molar-refractivity contribution in [3.05, 3.63) is 77.4 Å². The number of nitrogens with zero attached hydrogens (tertiary/aromatic N) is 1. The average molecular weight is 494 g/mol. The average Bonchev–Trinajstić information content (AvgIpc) is 2.80. The first-order valence-corrected chi connectivity index (χ1v) is 12.1. The number of aryl methyl sites for hydroxylation is 1. The number of urea groups is 1. The second-order valence-corrected chi connectivity index (χ2v) is 9.84. The van der Waals surface area contributed by atoms with Gasteiger partial charge in [-0.15, -0.1) is 0 Å². The van der Waals surface area contributed by atoms with E-state index in [2.05, 4.69) is 43.2 Å². The van der Waals surface area contributed by atoms with Crippen LogP contribution in [0.15, 0.2) is 54.6 Å². The van der Waals surface area contributed by atoms with Crippen LogP contribution in [0, 0.1) is 30.4 Å². The molecule has 0 spiro atoms. The van der Waals surface area contributed by atoms with Crippen LogP contribution in [0.1, 0.15) is 43.6 Å². The standard InChI is InChI=1S/C29H33F2N3O2/c1-18(2)15-34(16-19(3)4)28-11-8-21(24-12-20(5)6-7-22(24)17-35)13-27(28)33-29(36)32-26-10-9-23(30)14-25(26)31/h6-14,17-19H,15-16H2,1-5H3,(H2,32,33,36). The molecule has 3 aromatic rings. The third-order valence-electron chi connectivity index (χ3n) is 5.58. The van der Waals surface area contributed by atoms with Gasteiger partial charge in [0, 0.05) is 24.7 Å². The van der Waals surface area contributed by atoms with E-state index in [4.69, 9.17) is 0 Å². The first-order chi connectivity index (χ1) is 17.1. The molecule has 36 heavy (non-hydrogen) atoms. The summed E-state index contributed by atoms with van der Waals surface area (Å²) in [6, 6.07) is 13.6. The summed E-state index contributed by atoms with van der Waals surface area (Å²) in [5.41, 5.74) is 4.27. The van der Waals surface area contributed by atoms with E-state index in [1.165, 1.54) is 6.07 Å². The van der Waals surface area contributed by atoms with Gasteiger partial charge in [0.25, 0.3) is 0 Å².